The van der Waals surface area contributed by atoms with Crippen LogP contribution in [-0.4, -0.2) is 26.7 Å². The number of nitrogens with one attached hydrogen (secondary N) is 1. The van der Waals surface area contributed by atoms with Crippen LogP contribution in [-0.2, 0) is 12.3 Å². The standard InChI is InChI=1S/C19H17N5O2S2/c1-26-15-7-5-13(6-8-15)11-20-18-22-23-19(28-18)27-12-14-10-17(25)24-9-3-2-4-16(24)21-14/h2-10H,11-12H2,1H3,(H,20,22). The van der Waals surface area contributed by atoms with E-state index < -0.39 is 0 Å². The van der Waals surface area contributed by atoms with Gasteiger partial charge in [0.25, 0.3) is 5.56 Å². The normalized spacial score (nSPS) is 10.9. The van der Waals surface area contributed by atoms with Crippen LogP contribution in [0.2, 0.25) is 0 Å². The molecule has 4 aromatic rings. The summed E-state index contributed by atoms with van der Waals surface area (Å²) in [5, 5.41) is 12.4. The van der Waals surface area contributed by atoms with Gasteiger partial charge in [0.1, 0.15) is 11.4 Å². The molecule has 0 fully saturated rings. The van der Waals surface area contributed by atoms with Gasteiger partial charge >= 0.3 is 0 Å². The SMILES string of the molecule is COc1ccc(CNc2nnc(SCc3cc(=O)n4ccccc4n3)s2)cc1. The number of anilines is 1. The number of rotatable bonds is 7. The van der Waals surface area contributed by atoms with Crippen molar-refractivity contribution < 1.29 is 4.74 Å². The quantitative estimate of drug-likeness (QED) is 0.466. The second kappa shape index (κ2) is 8.41. The molecule has 0 amide bonds. The van der Waals surface area contributed by atoms with E-state index in [1.165, 1.54) is 27.5 Å². The largest absolute Gasteiger partial charge is 0.497 e. The Morgan fingerprint density at radius 2 is 2.04 bits per heavy atom. The summed E-state index contributed by atoms with van der Waals surface area (Å²) in [6.45, 7) is 0.659. The third-order valence-electron chi connectivity index (χ3n) is 3.98. The van der Waals surface area contributed by atoms with Crippen molar-refractivity contribution in [3.8, 4) is 5.75 Å². The molecule has 1 N–H and O–H groups in total. The summed E-state index contributed by atoms with van der Waals surface area (Å²) in [5.41, 5.74) is 2.42. The van der Waals surface area contributed by atoms with Crippen molar-refractivity contribution in [1.29, 1.82) is 0 Å². The molecule has 0 bridgehead atoms. The first-order chi connectivity index (χ1) is 13.7. The first kappa shape index (κ1) is 18.5. The Bertz CT molecular complexity index is 1140. The third kappa shape index (κ3) is 4.32. The molecule has 0 aliphatic rings. The second-order valence-electron chi connectivity index (χ2n) is 5.88. The van der Waals surface area contributed by atoms with E-state index in [0.29, 0.717) is 17.9 Å². The monoisotopic (exact) mass is 411 g/mol. The molecule has 28 heavy (non-hydrogen) atoms. The first-order valence-electron chi connectivity index (χ1n) is 8.52. The Morgan fingerprint density at radius 3 is 2.86 bits per heavy atom. The van der Waals surface area contributed by atoms with Gasteiger partial charge < -0.3 is 10.1 Å². The Balaban J connectivity index is 1.36. The highest BCUT2D eigenvalue weighted by atomic mass is 32.2. The smallest absolute Gasteiger partial charge is 0.258 e. The molecule has 9 heteroatoms. The zero-order valence-corrected chi connectivity index (χ0v) is 16.7. The summed E-state index contributed by atoms with van der Waals surface area (Å²) >= 11 is 3.00. The van der Waals surface area contributed by atoms with Crippen LogP contribution in [0.15, 0.2) is 63.9 Å². The molecular weight excluding hydrogens is 394 g/mol. The molecule has 0 saturated carbocycles. The topological polar surface area (TPSA) is 81.4 Å². The molecule has 3 aromatic heterocycles. The van der Waals surface area contributed by atoms with E-state index >= 15 is 0 Å². The summed E-state index contributed by atoms with van der Waals surface area (Å²) < 4.78 is 7.51. The Hall–Kier alpha value is -2.91. The second-order valence-corrected chi connectivity index (χ2v) is 8.08. The van der Waals surface area contributed by atoms with Crippen molar-refractivity contribution in [1.82, 2.24) is 19.6 Å². The van der Waals surface area contributed by atoms with Gasteiger partial charge in [-0.15, -0.1) is 10.2 Å². The molecule has 142 valence electrons. The maximum Gasteiger partial charge on any atom is 0.258 e. The highest BCUT2D eigenvalue weighted by molar-refractivity contribution is 8.00. The van der Waals surface area contributed by atoms with Crippen LogP contribution in [0.3, 0.4) is 0 Å². The van der Waals surface area contributed by atoms with Gasteiger partial charge in [-0.05, 0) is 29.8 Å². The van der Waals surface area contributed by atoms with Crippen LogP contribution in [0.5, 0.6) is 5.75 Å². The molecule has 3 heterocycles. The molecule has 1 aromatic carbocycles. The van der Waals surface area contributed by atoms with Gasteiger partial charge in [0.2, 0.25) is 5.13 Å². The van der Waals surface area contributed by atoms with Gasteiger partial charge in [0, 0.05) is 24.6 Å². The summed E-state index contributed by atoms with van der Waals surface area (Å²) in [7, 11) is 1.65. The van der Waals surface area contributed by atoms with Crippen molar-refractivity contribution in [3.05, 3.63) is 76.3 Å². The van der Waals surface area contributed by atoms with E-state index in [1.54, 1.807) is 19.4 Å². The average Bonchev–Trinajstić information content (AvgIpc) is 3.19. The summed E-state index contributed by atoms with van der Waals surface area (Å²) in [6.07, 6.45) is 1.72. The number of thioether (sulfide) groups is 1. The molecule has 0 atom stereocenters. The van der Waals surface area contributed by atoms with Crippen molar-refractivity contribution in [2.75, 3.05) is 12.4 Å². The first-order valence-corrected chi connectivity index (χ1v) is 10.3. The molecule has 0 spiro atoms. The highest BCUT2D eigenvalue weighted by Gasteiger charge is 2.08. The fraction of sp³-hybridized carbons (Fsp3) is 0.158. The molecule has 0 saturated heterocycles. The molecule has 0 aliphatic heterocycles. The zero-order valence-electron chi connectivity index (χ0n) is 15.0. The summed E-state index contributed by atoms with van der Waals surface area (Å²) in [6, 6.07) is 14.9. The van der Waals surface area contributed by atoms with Crippen LogP contribution < -0.4 is 15.6 Å². The predicted molar refractivity (Wildman–Crippen MR) is 111 cm³/mol. The minimum Gasteiger partial charge on any atom is -0.497 e. The lowest BCUT2D eigenvalue weighted by molar-refractivity contribution is 0.414. The lowest BCUT2D eigenvalue weighted by atomic mass is 10.2. The minimum absolute atomic E-state index is 0.0830. The van der Waals surface area contributed by atoms with Crippen molar-refractivity contribution in [2.45, 2.75) is 16.6 Å². The number of benzene rings is 1. The van der Waals surface area contributed by atoms with Gasteiger partial charge in [-0.2, -0.15) is 0 Å². The Kier molecular flexibility index (Phi) is 5.54. The van der Waals surface area contributed by atoms with Gasteiger partial charge in [-0.25, -0.2) is 4.98 Å². The lowest BCUT2D eigenvalue weighted by Crippen LogP contribution is -2.14. The van der Waals surface area contributed by atoms with Crippen LogP contribution in [0, 0.1) is 0 Å². The molecule has 7 nitrogen and oxygen atoms in total. The molecular formula is C19H17N5O2S2. The molecule has 0 aliphatic carbocycles. The van der Waals surface area contributed by atoms with E-state index in [2.05, 4.69) is 20.5 Å². The predicted octanol–water partition coefficient (Wildman–Crippen LogP) is 3.46. The Morgan fingerprint density at radius 1 is 1.18 bits per heavy atom. The van der Waals surface area contributed by atoms with Crippen molar-refractivity contribution in [3.63, 3.8) is 0 Å². The number of ether oxygens (including phenoxy) is 1. The van der Waals surface area contributed by atoms with Crippen molar-refractivity contribution >= 4 is 33.9 Å². The third-order valence-corrected chi connectivity index (χ3v) is 6.02. The van der Waals surface area contributed by atoms with Crippen LogP contribution in [0.25, 0.3) is 5.65 Å². The zero-order chi connectivity index (χ0) is 19.3. The number of hydrogen-bond acceptors (Lipinski definition) is 8. The van der Waals surface area contributed by atoms with E-state index in [9.17, 15) is 4.79 Å². The molecule has 0 radical (unpaired) electrons. The fourth-order valence-corrected chi connectivity index (χ4v) is 4.21. The Labute approximate surface area is 169 Å². The van der Waals surface area contributed by atoms with Crippen LogP contribution in [0.1, 0.15) is 11.3 Å². The van der Waals surface area contributed by atoms with Crippen molar-refractivity contribution in [2.24, 2.45) is 0 Å². The fourth-order valence-electron chi connectivity index (χ4n) is 2.57. The number of fused-ring (bicyclic) bond motifs is 1. The van der Waals surface area contributed by atoms with Gasteiger partial charge in [0.05, 0.1) is 12.8 Å². The summed E-state index contributed by atoms with van der Waals surface area (Å²) in [4.78, 5) is 16.7. The number of pyridine rings is 1. The maximum absolute atomic E-state index is 12.1. The molecule has 4 rings (SSSR count). The van der Waals surface area contributed by atoms with E-state index in [4.69, 9.17) is 4.74 Å². The summed E-state index contributed by atoms with van der Waals surface area (Å²) in [5.74, 6) is 1.40. The lowest BCUT2D eigenvalue weighted by Gasteiger charge is -2.04. The number of nitrogens with zero attached hydrogens (tertiary/aromatic N) is 4. The maximum atomic E-state index is 12.1. The average molecular weight is 412 g/mol. The van der Waals surface area contributed by atoms with Crippen LogP contribution in [0.4, 0.5) is 5.13 Å². The van der Waals surface area contributed by atoms with Gasteiger partial charge in [0.15, 0.2) is 4.34 Å². The highest BCUT2D eigenvalue weighted by Crippen LogP contribution is 2.28. The van der Waals surface area contributed by atoms with E-state index in [0.717, 1.165) is 26.5 Å². The van der Waals surface area contributed by atoms with Gasteiger partial charge in [-0.1, -0.05) is 41.3 Å². The van der Waals surface area contributed by atoms with Gasteiger partial charge in [-0.3, -0.25) is 9.20 Å². The van der Waals surface area contributed by atoms with Crippen LogP contribution >= 0.6 is 23.1 Å². The number of hydrogen-bond donors (Lipinski definition) is 1. The number of aromatic nitrogens is 4. The minimum atomic E-state index is -0.0830. The number of methoxy groups -OCH3 is 1. The van der Waals surface area contributed by atoms with E-state index in [1.807, 2.05) is 42.5 Å². The van der Waals surface area contributed by atoms with E-state index in [-0.39, 0.29) is 5.56 Å². The molecule has 0 unspecified atom stereocenters.